The highest BCUT2D eigenvalue weighted by atomic mass is 35.5. The summed E-state index contributed by atoms with van der Waals surface area (Å²) in [6, 6.07) is 6.79. The molecule has 1 atom stereocenters. The number of anilines is 1. The maximum absolute atomic E-state index is 11.4. The van der Waals surface area contributed by atoms with Gasteiger partial charge in [0.15, 0.2) is 0 Å². The lowest BCUT2D eigenvalue weighted by Gasteiger charge is -2.11. The van der Waals surface area contributed by atoms with Crippen LogP contribution in [0.25, 0.3) is 0 Å². The largest absolute Gasteiger partial charge is 0.493 e. The van der Waals surface area contributed by atoms with E-state index in [1.54, 1.807) is 13.0 Å². The molecule has 0 aromatic heterocycles. The summed E-state index contributed by atoms with van der Waals surface area (Å²) in [5.41, 5.74) is 6.18. The van der Waals surface area contributed by atoms with Crippen LogP contribution in [0.1, 0.15) is 20.8 Å². The lowest BCUT2D eigenvalue weighted by molar-refractivity contribution is -0.117. The van der Waals surface area contributed by atoms with Crippen LogP contribution >= 0.6 is 12.4 Å². The summed E-state index contributed by atoms with van der Waals surface area (Å²) in [5.74, 6) is 1.02. The minimum absolute atomic E-state index is 0. The van der Waals surface area contributed by atoms with Gasteiger partial charge in [0.1, 0.15) is 5.75 Å². The van der Waals surface area contributed by atoms with E-state index in [0.717, 1.165) is 5.75 Å². The number of halogens is 1. The second-order valence-electron chi connectivity index (χ2n) is 4.51. The quantitative estimate of drug-likeness (QED) is 0.865. The number of hydrogen-bond donors (Lipinski definition) is 2. The first-order valence-electron chi connectivity index (χ1n) is 5.78. The third-order valence-corrected chi connectivity index (χ3v) is 2.10. The van der Waals surface area contributed by atoms with Gasteiger partial charge in [-0.1, -0.05) is 19.9 Å². The molecule has 1 rings (SSSR count). The molecule has 1 aromatic rings. The number of carbonyl (C=O) groups is 1. The molecule has 102 valence electrons. The molecule has 0 heterocycles. The van der Waals surface area contributed by atoms with E-state index in [1.807, 2.05) is 18.2 Å². The first-order valence-corrected chi connectivity index (χ1v) is 5.78. The predicted octanol–water partition coefficient (Wildman–Crippen LogP) is 2.43. The predicted molar refractivity (Wildman–Crippen MR) is 76.3 cm³/mol. The smallest absolute Gasteiger partial charge is 0.241 e. The van der Waals surface area contributed by atoms with Crippen molar-refractivity contribution < 1.29 is 9.53 Å². The summed E-state index contributed by atoms with van der Waals surface area (Å²) in [6.07, 6.45) is 0. The van der Waals surface area contributed by atoms with Crippen LogP contribution in [0.3, 0.4) is 0 Å². The van der Waals surface area contributed by atoms with E-state index in [4.69, 9.17) is 10.5 Å². The van der Waals surface area contributed by atoms with Crippen LogP contribution in [0.4, 0.5) is 5.69 Å². The molecule has 5 heteroatoms. The molecular weight excluding hydrogens is 252 g/mol. The van der Waals surface area contributed by atoms with E-state index in [1.165, 1.54) is 0 Å². The molecule has 0 bridgehead atoms. The van der Waals surface area contributed by atoms with E-state index in [9.17, 15) is 4.79 Å². The monoisotopic (exact) mass is 272 g/mol. The molecule has 0 saturated carbocycles. The van der Waals surface area contributed by atoms with Gasteiger partial charge in [-0.05, 0) is 25.0 Å². The normalized spacial score (nSPS) is 11.6. The molecule has 0 unspecified atom stereocenters. The summed E-state index contributed by atoms with van der Waals surface area (Å²) in [4.78, 5) is 11.4. The summed E-state index contributed by atoms with van der Waals surface area (Å²) < 4.78 is 5.57. The fourth-order valence-electron chi connectivity index (χ4n) is 1.18. The molecule has 1 aromatic carbocycles. The van der Waals surface area contributed by atoms with Crippen LogP contribution in [-0.4, -0.2) is 18.6 Å². The van der Waals surface area contributed by atoms with Gasteiger partial charge in [-0.25, -0.2) is 0 Å². The van der Waals surface area contributed by atoms with Gasteiger partial charge in [-0.15, -0.1) is 12.4 Å². The Labute approximate surface area is 114 Å². The molecule has 0 radical (unpaired) electrons. The fraction of sp³-hybridized carbons (Fsp3) is 0.462. The standard InChI is InChI=1S/C13H20N2O2.ClH/c1-9(2)8-17-12-6-4-5-11(7-12)15-13(16)10(3)14;/h4-7,9-10H,8,14H2,1-3H3,(H,15,16);1H/t10-;/m0./s1. The third-order valence-electron chi connectivity index (χ3n) is 2.10. The van der Waals surface area contributed by atoms with E-state index in [0.29, 0.717) is 18.2 Å². The number of ether oxygens (including phenoxy) is 1. The molecular formula is C13H21ClN2O2. The third kappa shape index (κ3) is 5.89. The Kier molecular flexibility index (Phi) is 7.39. The molecule has 1 amide bonds. The number of benzene rings is 1. The average Bonchev–Trinajstić information content (AvgIpc) is 2.26. The summed E-state index contributed by atoms with van der Waals surface area (Å²) >= 11 is 0. The van der Waals surface area contributed by atoms with Crippen molar-refractivity contribution in [1.29, 1.82) is 0 Å². The molecule has 0 spiro atoms. The van der Waals surface area contributed by atoms with Crippen LogP contribution in [-0.2, 0) is 4.79 Å². The van der Waals surface area contributed by atoms with Crippen molar-refractivity contribution in [2.45, 2.75) is 26.8 Å². The molecule has 0 saturated heterocycles. The number of rotatable bonds is 5. The topological polar surface area (TPSA) is 64.3 Å². The zero-order chi connectivity index (χ0) is 12.8. The van der Waals surface area contributed by atoms with Gasteiger partial charge in [0.25, 0.3) is 0 Å². The summed E-state index contributed by atoms with van der Waals surface area (Å²) in [6.45, 7) is 6.47. The molecule has 18 heavy (non-hydrogen) atoms. The number of nitrogens with two attached hydrogens (primary N) is 1. The van der Waals surface area contributed by atoms with Crippen LogP contribution in [0.15, 0.2) is 24.3 Å². The van der Waals surface area contributed by atoms with Crippen molar-refractivity contribution >= 4 is 24.0 Å². The molecule has 0 aliphatic heterocycles. The highest BCUT2D eigenvalue weighted by Crippen LogP contribution is 2.18. The first kappa shape index (κ1) is 16.7. The Morgan fingerprint density at radius 1 is 1.39 bits per heavy atom. The maximum atomic E-state index is 11.4. The minimum atomic E-state index is -0.518. The van der Waals surface area contributed by atoms with Crippen molar-refractivity contribution in [3.8, 4) is 5.75 Å². The van der Waals surface area contributed by atoms with Crippen molar-refractivity contribution in [2.24, 2.45) is 11.7 Å². The number of carbonyl (C=O) groups excluding carboxylic acids is 1. The van der Waals surface area contributed by atoms with Gasteiger partial charge in [-0.2, -0.15) is 0 Å². The zero-order valence-electron chi connectivity index (χ0n) is 11.0. The van der Waals surface area contributed by atoms with Gasteiger partial charge in [0.05, 0.1) is 12.6 Å². The molecule has 0 fully saturated rings. The zero-order valence-corrected chi connectivity index (χ0v) is 11.8. The van der Waals surface area contributed by atoms with Crippen LogP contribution in [0.5, 0.6) is 5.75 Å². The molecule has 4 nitrogen and oxygen atoms in total. The SMILES string of the molecule is CC(C)COc1cccc(NC(=O)[C@H](C)N)c1.Cl. The Morgan fingerprint density at radius 2 is 2.06 bits per heavy atom. The van der Waals surface area contributed by atoms with Crippen molar-refractivity contribution in [3.63, 3.8) is 0 Å². The lowest BCUT2D eigenvalue weighted by atomic mass is 10.2. The lowest BCUT2D eigenvalue weighted by Crippen LogP contribution is -2.32. The highest BCUT2D eigenvalue weighted by molar-refractivity contribution is 5.94. The van der Waals surface area contributed by atoms with Gasteiger partial charge in [0.2, 0.25) is 5.91 Å². The second-order valence-corrected chi connectivity index (χ2v) is 4.51. The molecule has 0 aliphatic rings. The Morgan fingerprint density at radius 3 is 2.61 bits per heavy atom. The Hall–Kier alpha value is -1.26. The van der Waals surface area contributed by atoms with Crippen LogP contribution in [0, 0.1) is 5.92 Å². The number of amides is 1. The Balaban J connectivity index is 0.00000289. The van der Waals surface area contributed by atoms with E-state index < -0.39 is 6.04 Å². The van der Waals surface area contributed by atoms with Crippen molar-refractivity contribution in [1.82, 2.24) is 0 Å². The first-order chi connectivity index (χ1) is 7.99. The molecule has 3 N–H and O–H groups in total. The van der Waals surface area contributed by atoms with Gasteiger partial charge < -0.3 is 15.8 Å². The number of hydrogen-bond acceptors (Lipinski definition) is 3. The minimum Gasteiger partial charge on any atom is -0.493 e. The van der Waals surface area contributed by atoms with Crippen LogP contribution < -0.4 is 15.8 Å². The van der Waals surface area contributed by atoms with Crippen molar-refractivity contribution in [3.05, 3.63) is 24.3 Å². The summed E-state index contributed by atoms with van der Waals surface area (Å²) in [7, 11) is 0. The highest BCUT2D eigenvalue weighted by Gasteiger charge is 2.07. The number of nitrogens with one attached hydrogen (secondary N) is 1. The average molecular weight is 273 g/mol. The van der Waals surface area contributed by atoms with Crippen molar-refractivity contribution in [2.75, 3.05) is 11.9 Å². The van der Waals surface area contributed by atoms with Crippen LogP contribution in [0.2, 0.25) is 0 Å². The molecule has 0 aliphatic carbocycles. The van der Waals surface area contributed by atoms with E-state index >= 15 is 0 Å². The van der Waals surface area contributed by atoms with Gasteiger partial charge in [0, 0.05) is 11.8 Å². The second kappa shape index (κ2) is 7.95. The Bertz CT molecular complexity index is 381. The fourth-order valence-corrected chi connectivity index (χ4v) is 1.18. The maximum Gasteiger partial charge on any atom is 0.241 e. The van der Waals surface area contributed by atoms with Gasteiger partial charge in [-0.3, -0.25) is 4.79 Å². The van der Waals surface area contributed by atoms with E-state index in [2.05, 4.69) is 19.2 Å². The van der Waals surface area contributed by atoms with Gasteiger partial charge >= 0.3 is 0 Å². The summed E-state index contributed by atoms with van der Waals surface area (Å²) in [5, 5.41) is 2.73. The van der Waals surface area contributed by atoms with E-state index in [-0.39, 0.29) is 18.3 Å².